The van der Waals surface area contributed by atoms with Gasteiger partial charge in [-0.1, -0.05) is 35.9 Å². The first kappa shape index (κ1) is 12.7. The van der Waals surface area contributed by atoms with Crippen LogP contribution >= 0.6 is 22.9 Å². The largest absolute Gasteiger partial charge is 0.384 e. The van der Waals surface area contributed by atoms with Crippen LogP contribution in [0, 0.1) is 6.92 Å². The van der Waals surface area contributed by atoms with Crippen LogP contribution in [0.25, 0.3) is 10.1 Å². The summed E-state index contributed by atoms with van der Waals surface area (Å²) in [6, 6.07) is 13.8. The normalized spacial score (nSPS) is 12.8. The molecule has 1 aromatic heterocycles. The third kappa shape index (κ3) is 2.39. The summed E-state index contributed by atoms with van der Waals surface area (Å²) < 4.78 is 1.19. The Morgan fingerprint density at radius 1 is 1.16 bits per heavy atom. The van der Waals surface area contributed by atoms with Crippen molar-refractivity contribution in [1.82, 2.24) is 0 Å². The predicted octanol–water partition coefficient (Wildman–Crippen LogP) is 4.94. The number of halogens is 1. The molecule has 2 aromatic carbocycles. The molecule has 0 fully saturated rings. The lowest BCUT2D eigenvalue weighted by Gasteiger charge is -2.12. The molecule has 3 aromatic rings. The maximum Gasteiger partial charge on any atom is 0.106 e. The maximum atomic E-state index is 10.6. The van der Waals surface area contributed by atoms with Crippen LogP contribution in [-0.2, 0) is 0 Å². The quantitative estimate of drug-likeness (QED) is 0.708. The highest BCUT2D eigenvalue weighted by atomic mass is 35.5. The van der Waals surface area contributed by atoms with Gasteiger partial charge in [0.1, 0.15) is 6.10 Å². The molecule has 0 radical (unpaired) electrons. The third-order valence-electron chi connectivity index (χ3n) is 3.19. The van der Waals surface area contributed by atoms with Crippen LogP contribution in [0.5, 0.6) is 0 Å². The van der Waals surface area contributed by atoms with Crippen molar-refractivity contribution in [2.45, 2.75) is 13.0 Å². The van der Waals surface area contributed by atoms with Gasteiger partial charge in [0.2, 0.25) is 0 Å². The Kier molecular flexibility index (Phi) is 3.31. The van der Waals surface area contributed by atoms with Crippen molar-refractivity contribution in [3.8, 4) is 0 Å². The number of aliphatic hydroxyl groups excluding tert-OH is 1. The van der Waals surface area contributed by atoms with E-state index < -0.39 is 6.10 Å². The molecule has 19 heavy (non-hydrogen) atoms. The number of aryl methyl sites for hydroxylation is 1. The molecule has 0 amide bonds. The van der Waals surface area contributed by atoms with Crippen molar-refractivity contribution in [1.29, 1.82) is 0 Å². The van der Waals surface area contributed by atoms with Crippen LogP contribution in [0.15, 0.2) is 47.8 Å². The highest BCUT2D eigenvalue weighted by Crippen LogP contribution is 2.34. The summed E-state index contributed by atoms with van der Waals surface area (Å²) in [7, 11) is 0. The minimum Gasteiger partial charge on any atom is -0.384 e. The first-order valence-electron chi connectivity index (χ1n) is 6.06. The summed E-state index contributed by atoms with van der Waals surface area (Å²) in [6.07, 6.45) is -0.631. The number of benzene rings is 2. The predicted molar refractivity (Wildman–Crippen MR) is 82.1 cm³/mol. The zero-order chi connectivity index (χ0) is 13.4. The van der Waals surface area contributed by atoms with Gasteiger partial charge in [0.15, 0.2) is 0 Å². The Balaban J connectivity index is 2.10. The Bertz CT molecular complexity index is 712. The molecule has 0 saturated heterocycles. The Labute approximate surface area is 121 Å². The van der Waals surface area contributed by atoms with Crippen LogP contribution in [0.4, 0.5) is 0 Å². The first-order valence-corrected chi connectivity index (χ1v) is 7.32. The van der Waals surface area contributed by atoms with E-state index in [-0.39, 0.29) is 0 Å². The number of thiophene rings is 1. The molecule has 96 valence electrons. The van der Waals surface area contributed by atoms with Crippen molar-refractivity contribution < 1.29 is 5.11 Å². The SMILES string of the molecule is Cc1cc(Cl)cc(C(O)c2csc3ccccc23)c1. The lowest BCUT2D eigenvalue weighted by atomic mass is 9.99. The third-order valence-corrected chi connectivity index (χ3v) is 4.39. The van der Waals surface area contributed by atoms with Crippen LogP contribution in [-0.4, -0.2) is 5.11 Å². The smallest absolute Gasteiger partial charge is 0.106 e. The molecule has 0 aliphatic rings. The van der Waals surface area contributed by atoms with Crippen LogP contribution < -0.4 is 0 Å². The summed E-state index contributed by atoms with van der Waals surface area (Å²) in [4.78, 5) is 0. The molecule has 1 heterocycles. The van der Waals surface area contributed by atoms with Gasteiger partial charge < -0.3 is 5.11 Å². The summed E-state index contributed by atoms with van der Waals surface area (Å²) in [5, 5.41) is 14.4. The average Bonchev–Trinajstić information content (AvgIpc) is 2.80. The molecule has 0 spiro atoms. The van der Waals surface area contributed by atoms with Crippen LogP contribution in [0.2, 0.25) is 5.02 Å². The van der Waals surface area contributed by atoms with E-state index in [9.17, 15) is 5.11 Å². The average molecular weight is 289 g/mol. The minimum atomic E-state index is -0.631. The van der Waals surface area contributed by atoms with E-state index in [2.05, 4.69) is 6.07 Å². The van der Waals surface area contributed by atoms with Gasteiger partial charge in [-0.25, -0.2) is 0 Å². The van der Waals surface area contributed by atoms with E-state index in [1.807, 2.05) is 48.7 Å². The van der Waals surface area contributed by atoms with Gasteiger partial charge >= 0.3 is 0 Å². The maximum absolute atomic E-state index is 10.6. The number of hydrogen-bond acceptors (Lipinski definition) is 2. The zero-order valence-corrected chi connectivity index (χ0v) is 12.0. The van der Waals surface area contributed by atoms with Gasteiger partial charge in [0, 0.05) is 15.3 Å². The molecule has 0 saturated carbocycles. The standard InChI is InChI=1S/C16H13ClOS/c1-10-6-11(8-12(17)7-10)16(18)14-9-19-15-5-3-2-4-13(14)15/h2-9,16,18H,1H3. The summed E-state index contributed by atoms with van der Waals surface area (Å²) in [5.41, 5.74) is 2.84. The van der Waals surface area contributed by atoms with Gasteiger partial charge in [-0.3, -0.25) is 0 Å². The van der Waals surface area contributed by atoms with Crippen molar-refractivity contribution in [3.63, 3.8) is 0 Å². The second-order valence-corrected chi connectivity index (χ2v) is 6.00. The monoisotopic (exact) mass is 288 g/mol. The molecule has 3 rings (SSSR count). The van der Waals surface area contributed by atoms with Crippen molar-refractivity contribution in [2.75, 3.05) is 0 Å². The molecular weight excluding hydrogens is 276 g/mol. The molecule has 0 aliphatic heterocycles. The van der Waals surface area contributed by atoms with Crippen LogP contribution in [0.3, 0.4) is 0 Å². The molecular formula is C16H13ClOS. The minimum absolute atomic E-state index is 0.631. The number of fused-ring (bicyclic) bond motifs is 1. The summed E-state index contributed by atoms with van der Waals surface area (Å²) >= 11 is 7.72. The summed E-state index contributed by atoms with van der Waals surface area (Å²) in [6.45, 7) is 1.98. The van der Waals surface area contributed by atoms with Crippen molar-refractivity contribution >= 4 is 33.0 Å². The topological polar surface area (TPSA) is 20.2 Å². The number of hydrogen-bond donors (Lipinski definition) is 1. The summed E-state index contributed by atoms with van der Waals surface area (Å²) in [5.74, 6) is 0. The van der Waals surface area contributed by atoms with Gasteiger partial charge in [-0.2, -0.15) is 0 Å². The van der Waals surface area contributed by atoms with Gasteiger partial charge in [0.05, 0.1) is 0 Å². The first-order chi connectivity index (χ1) is 9.15. The van der Waals surface area contributed by atoms with E-state index in [0.29, 0.717) is 5.02 Å². The molecule has 1 N–H and O–H groups in total. The molecule has 3 heteroatoms. The van der Waals surface area contributed by atoms with Crippen molar-refractivity contribution in [3.05, 3.63) is 69.6 Å². The molecule has 1 nitrogen and oxygen atoms in total. The Hall–Kier alpha value is -1.35. The second kappa shape index (κ2) is 4.97. The van der Waals surface area contributed by atoms with E-state index in [1.165, 1.54) is 4.70 Å². The van der Waals surface area contributed by atoms with Gasteiger partial charge in [-0.05, 0) is 47.0 Å². The van der Waals surface area contributed by atoms with Crippen LogP contribution in [0.1, 0.15) is 22.8 Å². The lowest BCUT2D eigenvalue weighted by molar-refractivity contribution is 0.222. The molecule has 0 aliphatic carbocycles. The van der Waals surface area contributed by atoms with E-state index in [0.717, 1.165) is 22.1 Å². The number of rotatable bonds is 2. The van der Waals surface area contributed by atoms with Crippen molar-refractivity contribution in [2.24, 2.45) is 0 Å². The van der Waals surface area contributed by atoms with E-state index in [4.69, 9.17) is 11.6 Å². The van der Waals surface area contributed by atoms with Gasteiger partial charge in [-0.15, -0.1) is 11.3 Å². The zero-order valence-electron chi connectivity index (χ0n) is 10.4. The fraction of sp³-hybridized carbons (Fsp3) is 0.125. The Morgan fingerprint density at radius 2 is 1.95 bits per heavy atom. The van der Waals surface area contributed by atoms with E-state index >= 15 is 0 Å². The van der Waals surface area contributed by atoms with E-state index in [1.54, 1.807) is 11.3 Å². The second-order valence-electron chi connectivity index (χ2n) is 4.65. The number of aliphatic hydroxyl groups is 1. The fourth-order valence-electron chi connectivity index (χ4n) is 2.31. The van der Waals surface area contributed by atoms with Gasteiger partial charge in [0.25, 0.3) is 0 Å². The molecule has 0 bridgehead atoms. The lowest BCUT2D eigenvalue weighted by Crippen LogP contribution is -1.99. The Morgan fingerprint density at radius 3 is 2.74 bits per heavy atom. The highest BCUT2D eigenvalue weighted by Gasteiger charge is 2.15. The molecule has 1 atom stereocenters. The molecule has 1 unspecified atom stereocenters. The fourth-order valence-corrected chi connectivity index (χ4v) is 3.59. The highest BCUT2D eigenvalue weighted by molar-refractivity contribution is 7.17.